The third-order valence-electron chi connectivity index (χ3n) is 6.13. The van der Waals surface area contributed by atoms with Gasteiger partial charge in [0.25, 0.3) is 11.5 Å². The normalized spacial score (nSPS) is 16.0. The van der Waals surface area contributed by atoms with Gasteiger partial charge in [-0.25, -0.2) is 0 Å². The van der Waals surface area contributed by atoms with Crippen LogP contribution in [0.4, 0.5) is 5.69 Å². The van der Waals surface area contributed by atoms with Crippen LogP contribution in [0.15, 0.2) is 39.6 Å². The number of rotatable bonds is 5. The quantitative estimate of drug-likeness (QED) is 0.537. The Labute approximate surface area is 195 Å². The van der Waals surface area contributed by atoms with Crippen LogP contribution in [0.2, 0.25) is 0 Å². The lowest BCUT2D eigenvalue weighted by Crippen LogP contribution is -2.44. The number of aliphatic imine (C=N–C) groups is 1. The van der Waals surface area contributed by atoms with E-state index in [0.717, 1.165) is 37.4 Å². The summed E-state index contributed by atoms with van der Waals surface area (Å²) < 4.78 is 1.61. The number of carbonyl (C=O) groups excluding carboxylic acids is 1. The van der Waals surface area contributed by atoms with E-state index in [4.69, 9.17) is 0 Å². The molecule has 0 spiro atoms. The molecule has 0 saturated carbocycles. The van der Waals surface area contributed by atoms with Crippen LogP contribution in [-0.4, -0.2) is 66.6 Å². The van der Waals surface area contributed by atoms with Gasteiger partial charge in [0, 0.05) is 50.8 Å². The van der Waals surface area contributed by atoms with E-state index in [1.165, 1.54) is 0 Å². The first-order valence-electron chi connectivity index (χ1n) is 11.4. The molecule has 2 aromatic rings. The molecule has 2 heterocycles. The van der Waals surface area contributed by atoms with E-state index in [9.17, 15) is 14.7 Å². The molecule has 2 N–H and O–H groups in total. The zero-order chi connectivity index (χ0) is 24.3. The Kier molecular flexibility index (Phi) is 7.58. The van der Waals surface area contributed by atoms with E-state index < -0.39 is 11.5 Å². The van der Waals surface area contributed by atoms with Crippen LogP contribution < -0.4 is 15.8 Å². The summed E-state index contributed by atoms with van der Waals surface area (Å²) in [6.45, 7) is 11.9. The monoisotopic (exact) mass is 453 g/mol. The van der Waals surface area contributed by atoms with Gasteiger partial charge in [-0.05, 0) is 50.6 Å². The number of aromatic hydroxyl groups is 1. The number of aromatic nitrogens is 1. The lowest BCUT2D eigenvalue weighted by atomic mass is 10.1. The van der Waals surface area contributed by atoms with Gasteiger partial charge >= 0.3 is 0 Å². The highest BCUT2D eigenvalue weighted by Gasteiger charge is 2.25. The molecule has 0 radical (unpaired) electrons. The van der Waals surface area contributed by atoms with Gasteiger partial charge in [0.2, 0.25) is 0 Å². The number of fused-ring (bicyclic) bond motifs is 1. The fourth-order valence-electron chi connectivity index (χ4n) is 4.07. The first kappa shape index (κ1) is 24.5. The third kappa shape index (κ3) is 5.11. The third-order valence-corrected chi connectivity index (χ3v) is 6.13. The topological polar surface area (TPSA) is 90.2 Å². The molecule has 0 atom stereocenters. The van der Waals surface area contributed by atoms with Crippen LogP contribution in [0.25, 0.3) is 10.9 Å². The number of anilines is 1. The van der Waals surface area contributed by atoms with Crippen LogP contribution in [-0.2, 0) is 6.54 Å². The van der Waals surface area contributed by atoms with E-state index in [1.54, 1.807) is 17.7 Å². The number of hydrogen-bond acceptors (Lipinski definition) is 6. The van der Waals surface area contributed by atoms with Gasteiger partial charge in [0.05, 0.1) is 5.52 Å². The first-order valence-corrected chi connectivity index (χ1v) is 11.4. The average Bonchev–Trinajstić information content (AvgIpc) is 2.79. The number of hydrogen-bond donors (Lipinski definition) is 2. The van der Waals surface area contributed by atoms with Crippen LogP contribution in [0.1, 0.15) is 38.1 Å². The van der Waals surface area contributed by atoms with Crippen LogP contribution in [0.3, 0.4) is 0 Å². The summed E-state index contributed by atoms with van der Waals surface area (Å²) in [4.78, 5) is 35.3. The Balaban J connectivity index is 2.14. The average molecular weight is 454 g/mol. The SMILES string of the molecule is C/C=C(C)\C(=N/C)NC(=O)c1c(O)c2ccc(N3CCN(C)CC3)cc2n(CC(C)C)c1=O. The van der Waals surface area contributed by atoms with Crippen molar-refractivity contribution in [3.8, 4) is 5.75 Å². The number of allylic oxidation sites excluding steroid dienone is 1. The largest absolute Gasteiger partial charge is 0.506 e. The van der Waals surface area contributed by atoms with Crippen molar-refractivity contribution in [2.24, 2.45) is 10.9 Å². The minimum absolute atomic E-state index is 0.177. The summed E-state index contributed by atoms with van der Waals surface area (Å²) in [5, 5.41) is 14.2. The van der Waals surface area contributed by atoms with E-state index in [2.05, 4.69) is 27.2 Å². The van der Waals surface area contributed by atoms with Crippen molar-refractivity contribution in [3.63, 3.8) is 0 Å². The second-order valence-electron chi connectivity index (χ2n) is 9.02. The van der Waals surface area contributed by atoms with E-state index >= 15 is 0 Å². The maximum Gasteiger partial charge on any atom is 0.267 e. The minimum atomic E-state index is -0.665. The van der Waals surface area contributed by atoms with Crippen LogP contribution in [0.5, 0.6) is 5.75 Å². The van der Waals surface area contributed by atoms with E-state index in [1.807, 2.05) is 45.9 Å². The lowest BCUT2D eigenvalue weighted by Gasteiger charge is -2.34. The van der Waals surface area contributed by atoms with E-state index in [-0.39, 0.29) is 17.2 Å². The Bertz CT molecular complexity index is 1150. The molecule has 33 heavy (non-hydrogen) atoms. The number of pyridine rings is 1. The summed E-state index contributed by atoms with van der Waals surface area (Å²) in [5.41, 5.74) is 1.64. The predicted octanol–water partition coefficient (Wildman–Crippen LogP) is 2.84. The maximum absolute atomic E-state index is 13.5. The molecular weight excluding hydrogens is 418 g/mol. The van der Waals surface area contributed by atoms with Gasteiger partial charge < -0.3 is 24.8 Å². The second-order valence-corrected chi connectivity index (χ2v) is 9.02. The van der Waals surface area contributed by atoms with Crippen molar-refractivity contribution in [2.75, 3.05) is 45.2 Å². The van der Waals surface area contributed by atoms with Gasteiger partial charge in [0.15, 0.2) is 0 Å². The van der Waals surface area contributed by atoms with Gasteiger partial charge in [0.1, 0.15) is 17.1 Å². The second kappa shape index (κ2) is 10.2. The lowest BCUT2D eigenvalue weighted by molar-refractivity contribution is 0.0972. The van der Waals surface area contributed by atoms with Crippen molar-refractivity contribution >= 4 is 28.3 Å². The van der Waals surface area contributed by atoms with Crippen molar-refractivity contribution in [3.05, 3.63) is 45.8 Å². The highest BCUT2D eigenvalue weighted by atomic mass is 16.3. The zero-order valence-corrected chi connectivity index (χ0v) is 20.5. The minimum Gasteiger partial charge on any atom is -0.506 e. The molecule has 1 fully saturated rings. The molecular formula is C25H35N5O3. The van der Waals surface area contributed by atoms with E-state index in [0.29, 0.717) is 23.3 Å². The van der Waals surface area contributed by atoms with Crippen LogP contribution in [0, 0.1) is 5.92 Å². The number of amides is 1. The number of carbonyl (C=O) groups is 1. The molecule has 1 aromatic heterocycles. The van der Waals surface area contributed by atoms with Crippen molar-refractivity contribution < 1.29 is 9.90 Å². The molecule has 8 heteroatoms. The van der Waals surface area contributed by atoms with Crippen molar-refractivity contribution in [1.29, 1.82) is 0 Å². The van der Waals surface area contributed by atoms with Crippen LogP contribution >= 0.6 is 0 Å². The van der Waals surface area contributed by atoms with Gasteiger partial charge in [-0.2, -0.15) is 0 Å². The van der Waals surface area contributed by atoms with Gasteiger partial charge in [-0.3, -0.25) is 14.6 Å². The summed E-state index contributed by atoms with van der Waals surface area (Å²) in [6, 6.07) is 5.70. The fraction of sp³-hybridized carbons (Fsp3) is 0.480. The summed E-state index contributed by atoms with van der Waals surface area (Å²) in [6.07, 6.45) is 1.82. The number of nitrogens with zero attached hydrogens (tertiary/aromatic N) is 4. The highest BCUT2D eigenvalue weighted by Crippen LogP contribution is 2.30. The molecule has 1 aromatic carbocycles. The summed E-state index contributed by atoms with van der Waals surface area (Å²) in [5.74, 6) is -0.424. The van der Waals surface area contributed by atoms with Gasteiger partial charge in [-0.1, -0.05) is 19.9 Å². The van der Waals surface area contributed by atoms with Gasteiger partial charge in [-0.15, -0.1) is 0 Å². The molecule has 8 nitrogen and oxygen atoms in total. The Hall–Kier alpha value is -3.13. The molecule has 3 rings (SSSR count). The molecule has 0 unspecified atom stereocenters. The number of likely N-dealkylation sites (N-methyl/N-ethyl adjacent to an activating group) is 1. The first-order chi connectivity index (χ1) is 15.7. The van der Waals surface area contributed by atoms with Crippen molar-refractivity contribution in [2.45, 2.75) is 34.2 Å². The molecule has 1 saturated heterocycles. The Morgan fingerprint density at radius 1 is 1.24 bits per heavy atom. The standard InChI is InChI=1S/C25H35N5O3/c1-7-17(4)23(26-5)27-24(32)21-22(31)19-9-8-18(29-12-10-28(6)11-13-29)14-20(19)30(25(21)33)15-16(2)3/h7-9,14,16,31H,10-13,15H2,1-6H3,(H,26,27,32)/b17-7-. The summed E-state index contributed by atoms with van der Waals surface area (Å²) >= 11 is 0. The van der Waals surface area contributed by atoms with Crippen molar-refractivity contribution in [1.82, 2.24) is 14.8 Å². The molecule has 0 bridgehead atoms. The molecule has 178 valence electrons. The number of amidine groups is 1. The Morgan fingerprint density at radius 2 is 1.91 bits per heavy atom. The molecule has 1 aliphatic rings. The maximum atomic E-state index is 13.5. The predicted molar refractivity (Wildman–Crippen MR) is 135 cm³/mol. The number of nitrogens with one attached hydrogen (secondary N) is 1. The molecule has 0 aliphatic carbocycles. The molecule has 1 aliphatic heterocycles. The summed E-state index contributed by atoms with van der Waals surface area (Å²) in [7, 11) is 3.68. The highest BCUT2D eigenvalue weighted by molar-refractivity contribution is 6.14. The smallest absolute Gasteiger partial charge is 0.267 e. The number of benzene rings is 1. The fourth-order valence-corrected chi connectivity index (χ4v) is 4.07. The Morgan fingerprint density at radius 3 is 2.48 bits per heavy atom. The molecule has 1 amide bonds. The zero-order valence-electron chi connectivity index (χ0n) is 20.5. The number of piperazine rings is 1.